The molecule has 0 spiro atoms. The van der Waals surface area contributed by atoms with Gasteiger partial charge >= 0.3 is 0 Å². The molecular formula is C13H14Br2N2O3S. The standard InChI is InChI=1S/C13H14Br2N2O3S/c1-2-17(8-10-4-3-5-20-10)21(18,19)13-11(15)6-9(14)7-12(13)16/h3-7H,2,8,16H2,1H3. The van der Waals surface area contributed by atoms with Crippen LogP contribution in [0.2, 0.25) is 0 Å². The van der Waals surface area contributed by atoms with Gasteiger partial charge < -0.3 is 10.2 Å². The summed E-state index contributed by atoms with van der Waals surface area (Å²) >= 11 is 6.55. The number of furan rings is 1. The van der Waals surface area contributed by atoms with Crippen LogP contribution < -0.4 is 5.73 Å². The van der Waals surface area contributed by atoms with Gasteiger partial charge in [-0.25, -0.2) is 8.42 Å². The maximum atomic E-state index is 12.8. The van der Waals surface area contributed by atoms with Crippen molar-refractivity contribution in [2.45, 2.75) is 18.4 Å². The molecule has 2 aromatic rings. The molecule has 0 unspecified atom stereocenters. The van der Waals surface area contributed by atoms with Gasteiger partial charge in [-0.2, -0.15) is 4.31 Å². The second-order valence-electron chi connectivity index (χ2n) is 4.32. The van der Waals surface area contributed by atoms with Gasteiger partial charge in [0.2, 0.25) is 10.0 Å². The Balaban J connectivity index is 2.45. The van der Waals surface area contributed by atoms with Crippen molar-refractivity contribution in [2.24, 2.45) is 0 Å². The SMILES string of the molecule is CCN(Cc1ccco1)S(=O)(=O)c1c(N)cc(Br)cc1Br. The van der Waals surface area contributed by atoms with Gasteiger partial charge in [0, 0.05) is 15.5 Å². The number of sulfonamides is 1. The summed E-state index contributed by atoms with van der Waals surface area (Å²) in [6.07, 6.45) is 1.51. The Morgan fingerprint density at radius 1 is 1.33 bits per heavy atom. The van der Waals surface area contributed by atoms with Crippen molar-refractivity contribution in [3.63, 3.8) is 0 Å². The third-order valence-electron chi connectivity index (χ3n) is 2.90. The van der Waals surface area contributed by atoms with Crippen LogP contribution in [0, 0.1) is 0 Å². The summed E-state index contributed by atoms with van der Waals surface area (Å²) in [5.41, 5.74) is 6.07. The van der Waals surface area contributed by atoms with E-state index in [-0.39, 0.29) is 17.1 Å². The van der Waals surface area contributed by atoms with Crippen molar-refractivity contribution in [3.8, 4) is 0 Å². The highest BCUT2D eigenvalue weighted by atomic mass is 79.9. The fourth-order valence-corrected chi connectivity index (χ4v) is 5.35. The molecular weight excluding hydrogens is 424 g/mol. The van der Waals surface area contributed by atoms with Crippen LogP contribution in [0.25, 0.3) is 0 Å². The molecule has 0 radical (unpaired) electrons. The number of anilines is 1. The lowest BCUT2D eigenvalue weighted by atomic mass is 10.3. The van der Waals surface area contributed by atoms with E-state index in [4.69, 9.17) is 10.2 Å². The summed E-state index contributed by atoms with van der Waals surface area (Å²) in [6, 6.07) is 6.68. The smallest absolute Gasteiger partial charge is 0.246 e. The van der Waals surface area contributed by atoms with Crippen molar-refractivity contribution in [2.75, 3.05) is 12.3 Å². The van der Waals surface area contributed by atoms with Gasteiger partial charge in [0.05, 0.1) is 18.5 Å². The Kier molecular flexibility index (Phi) is 5.13. The van der Waals surface area contributed by atoms with Gasteiger partial charge in [-0.15, -0.1) is 0 Å². The number of benzene rings is 1. The summed E-state index contributed by atoms with van der Waals surface area (Å²) in [5, 5.41) is 0. The first-order valence-corrected chi connectivity index (χ1v) is 9.16. The highest BCUT2D eigenvalue weighted by molar-refractivity contribution is 9.11. The molecule has 0 amide bonds. The third-order valence-corrected chi connectivity index (χ3v) is 6.28. The van der Waals surface area contributed by atoms with Gasteiger partial charge in [-0.3, -0.25) is 0 Å². The Labute approximate surface area is 140 Å². The van der Waals surface area contributed by atoms with E-state index in [1.807, 2.05) is 0 Å². The van der Waals surface area contributed by atoms with Gasteiger partial charge in [0.1, 0.15) is 10.7 Å². The summed E-state index contributed by atoms with van der Waals surface area (Å²) in [4.78, 5) is 0.0686. The molecule has 1 aromatic carbocycles. The normalized spacial score (nSPS) is 12.0. The van der Waals surface area contributed by atoms with E-state index in [1.165, 1.54) is 10.6 Å². The van der Waals surface area contributed by atoms with Crippen LogP contribution in [0.4, 0.5) is 5.69 Å². The second kappa shape index (κ2) is 6.51. The Morgan fingerprint density at radius 3 is 2.57 bits per heavy atom. The molecule has 0 aliphatic carbocycles. The lowest BCUT2D eigenvalue weighted by Gasteiger charge is -2.21. The van der Waals surface area contributed by atoms with E-state index >= 15 is 0 Å². The van der Waals surface area contributed by atoms with Crippen molar-refractivity contribution in [1.82, 2.24) is 4.31 Å². The molecule has 2 N–H and O–H groups in total. The monoisotopic (exact) mass is 436 g/mol. The number of hydrogen-bond donors (Lipinski definition) is 1. The fourth-order valence-electron chi connectivity index (χ4n) is 1.92. The minimum atomic E-state index is -3.72. The van der Waals surface area contributed by atoms with Crippen molar-refractivity contribution in [1.29, 1.82) is 0 Å². The molecule has 114 valence electrons. The van der Waals surface area contributed by atoms with E-state index in [0.717, 1.165) is 0 Å². The van der Waals surface area contributed by atoms with Crippen LogP contribution in [0.5, 0.6) is 0 Å². The lowest BCUT2D eigenvalue weighted by molar-refractivity contribution is 0.375. The van der Waals surface area contributed by atoms with Crippen LogP contribution in [0.3, 0.4) is 0 Å². The molecule has 1 aromatic heterocycles. The van der Waals surface area contributed by atoms with Gasteiger partial charge in [0.25, 0.3) is 0 Å². The zero-order chi connectivity index (χ0) is 15.6. The summed E-state index contributed by atoms with van der Waals surface area (Å²) < 4.78 is 33.3. The highest BCUT2D eigenvalue weighted by Crippen LogP contribution is 2.34. The summed E-state index contributed by atoms with van der Waals surface area (Å²) in [6.45, 7) is 2.24. The van der Waals surface area contributed by atoms with Gasteiger partial charge in [0.15, 0.2) is 0 Å². The minimum absolute atomic E-state index is 0.0686. The Morgan fingerprint density at radius 2 is 2.05 bits per heavy atom. The largest absolute Gasteiger partial charge is 0.468 e. The average Bonchev–Trinajstić information content (AvgIpc) is 2.86. The van der Waals surface area contributed by atoms with Gasteiger partial charge in [-0.05, 0) is 40.2 Å². The Bertz CT molecular complexity index is 707. The molecule has 0 saturated carbocycles. The highest BCUT2D eigenvalue weighted by Gasteiger charge is 2.28. The molecule has 21 heavy (non-hydrogen) atoms. The van der Waals surface area contributed by atoms with E-state index in [9.17, 15) is 8.42 Å². The van der Waals surface area contributed by atoms with E-state index < -0.39 is 10.0 Å². The molecule has 1 heterocycles. The number of nitrogens with two attached hydrogens (primary N) is 1. The first kappa shape index (κ1) is 16.5. The number of rotatable bonds is 5. The quantitative estimate of drug-likeness (QED) is 0.725. The van der Waals surface area contributed by atoms with E-state index in [0.29, 0.717) is 21.3 Å². The minimum Gasteiger partial charge on any atom is -0.468 e. The number of hydrogen-bond acceptors (Lipinski definition) is 4. The topological polar surface area (TPSA) is 76.5 Å². The zero-order valence-corrected chi connectivity index (χ0v) is 15.2. The maximum Gasteiger partial charge on any atom is 0.246 e. The first-order chi connectivity index (χ1) is 9.86. The molecule has 2 rings (SSSR count). The second-order valence-corrected chi connectivity index (χ2v) is 7.96. The molecule has 0 fully saturated rings. The molecule has 5 nitrogen and oxygen atoms in total. The predicted octanol–water partition coefficient (Wildman–Crippen LogP) is 3.60. The molecule has 0 bridgehead atoms. The molecule has 0 atom stereocenters. The van der Waals surface area contributed by atoms with E-state index in [2.05, 4.69) is 31.9 Å². The van der Waals surface area contributed by atoms with Crippen LogP contribution in [-0.2, 0) is 16.6 Å². The van der Waals surface area contributed by atoms with Crippen LogP contribution >= 0.6 is 31.9 Å². The van der Waals surface area contributed by atoms with Crippen LogP contribution in [-0.4, -0.2) is 19.3 Å². The summed E-state index contributed by atoms with van der Waals surface area (Å²) in [7, 11) is -3.72. The number of halogens is 2. The lowest BCUT2D eigenvalue weighted by Crippen LogP contribution is -2.31. The van der Waals surface area contributed by atoms with E-state index in [1.54, 1.807) is 31.2 Å². The number of nitrogens with zero attached hydrogens (tertiary/aromatic N) is 1. The van der Waals surface area contributed by atoms with Crippen molar-refractivity contribution < 1.29 is 12.8 Å². The fraction of sp³-hybridized carbons (Fsp3) is 0.231. The molecule has 8 heteroatoms. The third kappa shape index (κ3) is 3.50. The zero-order valence-electron chi connectivity index (χ0n) is 11.2. The molecule has 0 aliphatic rings. The van der Waals surface area contributed by atoms with Crippen LogP contribution in [0.1, 0.15) is 12.7 Å². The number of nitrogen functional groups attached to an aromatic ring is 1. The maximum absolute atomic E-state index is 12.8. The van der Waals surface area contributed by atoms with Crippen LogP contribution in [0.15, 0.2) is 48.8 Å². The van der Waals surface area contributed by atoms with Crippen molar-refractivity contribution in [3.05, 3.63) is 45.2 Å². The van der Waals surface area contributed by atoms with Gasteiger partial charge in [-0.1, -0.05) is 22.9 Å². The summed E-state index contributed by atoms with van der Waals surface area (Å²) in [5.74, 6) is 0.576. The molecule has 0 aliphatic heterocycles. The first-order valence-electron chi connectivity index (χ1n) is 6.13. The predicted molar refractivity (Wildman–Crippen MR) is 88.2 cm³/mol. The molecule has 0 saturated heterocycles. The van der Waals surface area contributed by atoms with Crippen molar-refractivity contribution >= 4 is 47.6 Å². The Hall–Kier alpha value is -0.830. The average molecular weight is 438 g/mol.